The molecule has 0 saturated heterocycles. The van der Waals surface area contributed by atoms with Crippen molar-refractivity contribution in [1.29, 1.82) is 0 Å². The highest BCUT2D eigenvalue weighted by Crippen LogP contribution is 2.32. The molecule has 0 saturated carbocycles. The fourth-order valence-corrected chi connectivity index (χ4v) is 2.06. The Hall–Kier alpha value is -2.53. The summed E-state index contributed by atoms with van der Waals surface area (Å²) in [5.41, 5.74) is 0. The number of benzene rings is 2. The smallest absolute Gasteiger partial charge is 0.330 e. The zero-order chi connectivity index (χ0) is 16.7. The third-order valence-corrected chi connectivity index (χ3v) is 3.22. The first-order valence-corrected chi connectivity index (χ1v) is 7.29. The van der Waals surface area contributed by atoms with Gasteiger partial charge < -0.3 is 18.9 Å². The van der Waals surface area contributed by atoms with E-state index >= 15 is 0 Å². The maximum atomic E-state index is 11.0. The van der Waals surface area contributed by atoms with Crippen LogP contribution in [0.4, 0.5) is 0 Å². The largest absolute Gasteiger partial charge is 0.489 e. The van der Waals surface area contributed by atoms with E-state index in [9.17, 15) is 4.79 Å². The molecule has 0 aliphatic carbocycles. The van der Waals surface area contributed by atoms with E-state index < -0.39 is 5.97 Å². The molecule has 2 rings (SSSR count). The molecule has 0 radical (unpaired) electrons. The van der Waals surface area contributed by atoms with Crippen molar-refractivity contribution in [3.05, 3.63) is 49.1 Å². The number of methoxy groups -OCH3 is 1. The molecule has 1 atom stereocenters. The summed E-state index contributed by atoms with van der Waals surface area (Å²) in [5.74, 6) is 0.962. The van der Waals surface area contributed by atoms with Gasteiger partial charge in [-0.1, -0.05) is 30.8 Å². The van der Waals surface area contributed by atoms with Gasteiger partial charge in [0.2, 0.25) is 0 Å². The first-order chi connectivity index (χ1) is 11.2. The quantitative estimate of drug-likeness (QED) is 0.324. The van der Waals surface area contributed by atoms with E-state index in [4.69, 9.17) is 18.9 Å². The Bertz CT molecular complexity index is 680. The van der Waals surface area contributed by atoms with Gasteiger partial charge in [0.1, 0.15) is 24.7 Å². The minimum absolute atomic E-state index is 0.165. The van der Waals surface area contributed by atoms with Crippen LogP contribution in [0.25, 0.3) is 10.8 Å². The number of carbonyl (C=O) groups excluding carboxylic acids is 1. The standard InChI is InChI=1S/C18H20O5/c1-4-18(19)22-12-11-21-16-9-5-8-15-14(16)7-6-10-17(15)23-13(2)20-3/h4-10,13H,1,11-12H2,2-3H3. The first-order valence-electron chi connectivity index (χ1n) is 7.29. The predicted octanol–water partition coefficient (Wildman–Crippen LogP) is 3.32. The number of carbonyl (C=O) groups is 1. The van der Waals surface area contributed by atoms with Crippen LogP contribution in [0.5, 0.6) is 11.5 Å². The van der Waals surface area contributed by atoms with Crippen LogP contribution in [0, 0.1) is 0 Å². The average Bonchev–Trinajstić information content (AvgIpc) is 2.58. The third-order valence-electron chi connectivity index (χ3n) is 3.22. The summed E-state index contributed by atoms with van der Waals surface area (Å²) in [4.78, 5) is 11.0. The fourth-order valence-electron chi connectivity index (χ4n) is 2.06. The van der Waals surface area contributed by atoms with Crippen LogP contribution in [0.2, 0.25) is 0 Å². The summed E-state index contributed by atoms with van der Waals surface area (Å²) >= 11 is 0. The Morgan fingerprint density at radius 3 is 2.43 bits per heavy atom. The van der Waals surface area contributed by atoms with E-state index in [1.165, 1.54) is 0 Å². The van der Waals surface area contributed by atoms with Crippen LogP contribution in [0.3, 0.4) is 0 Å². The second-order valence-corrected chi connectivity index (χ2v) is 4.75. The maximum absolute atomic E-state index is 11.0. The van der Waals surface area contributed by atoms with Crippen molar-refractivity contribution in [2.45, 2.75) is 13.2 Å². The van der Waals surface area contributed by atoms with Gasteiger partial charge in [0.15, 0.2) is 6.29 Å². The van der Waals surface area contributed by atoms with E-state index in [2.05, 4.69) is 6.58 Å². The van der Waals surface area contributed by atoms with Crippen LogP contribution < -0.4 is 9.47 Å². The Morgan fingerprint density at radius 2 is 1.78 bits per heavy atom. The summed E-state index contributed by atoms with van der Waals surface area (Å²) in [7, 11) is 1.59. The third kappa shape index (κ3) is 4.47. The molecule has 5 nitrogen and oxygen atoms in total. The van der Waals surface area contributed by atoms with Gasteiger partial charge in [0.25, 0.3) is 0 Å². The second-order valence-electron chi connectivity index (χ2n) is 4.75. The molecule has 0 bridgehead atoms. The van der Waals surface area contributed by atoms with Crippen LogP contribution in [-0.2, 0) is 14.3 Å². The van der Waals surface area contributed by atoms with Crippen molar-refractivity contribution in [3.8, 4) is 11.5 Å². The van der Waals surface area contributed by atoms with Crippen LogP contribution in [0.1, 0.15) is 6.92 Å². The van der Waals surface area contributed by atoms with E-state index in [1.807, 2.05) is 43.3 Å². The number of hydrogen-bond donors (Lipinski definition) is 0. The van der Waals surface area contributed by atoms with Gasteiger partial charge in [0.05, 0.1) is 0 Å². The van der Waals surface area contributed by atoms with Gasteiger partial charge >= 0.3 is 5.97 Å². The fraction of sp³-hybridized carbons (Fsp3) is 0.278. The van der Waals surface area contributed by atoms with E-state index in [0.717, 1.165) is 22.6 Å². The van der Waals surface area contributed by atoms with Gasteiger partial charge in [-0.05, 0) is 19.1 Å². The summed E-state index contributed by atoms with van der Waals surface area (Å²) in [6.45, 7) is 5.59. The van der Waals surface area contributed by atoms with Crippen molar-refractivity contribution in [2.75, 3.05) is 20.3 Å². The molecule has 0 aliphatic heterocycles. The molecule has 0 heterocycles. The van der Waals surface area contributed by atoms with Gasteiger partial charge in [-0.2, -0.15) is 0 Å². The van der Waals surface area contributed by atoms with Gasteiger partial charge in [0, 0.05) is 24.0 Å². The normalized spacial score (nSPS) is 11.7. The van der Waals surface area contributed by atoms with Crippen molar-refractivity contribution in [2.24, 2.45) is 0 Å². The average molecular weight is 316 g/mol. The lowest BCUT2D eigenvalue weighted by Gasteiger charge is -2.16. The highest BCUT2D eigenvalue weighted by Gasteiger charge is 2.09. The SMILES string of the molecule is C=CC(=O)OCCOc1cccc2c(OC(C)OC)cccc12. The van der Waals surface area contributed by atoms with Crippen molar-refractivity contribution < 1.29 is 23.7 Å². The minimum atomic E-state index is -0.462. The zero-order valence-corrected chi connectivity index (χ0v) is 13.3. The van der Waals surface area contributed by atoms with Gasteiger partial charge in [-0.3, -0.25) is 0 Å². The molecule has 5 heteroatoms. The Labute approximate surface area is 135 Å². The summed E-state index contributed by atoms with van der Waals surface area (Å²) in [6.07, 6.45) is 0.780. The number of rotatable bonds is 8. The van der Waals surface area contributed by atoms with E-state index in [1.54, 1.807) is 7.11 Å². The highest BCUT2D eigenvalue weighted by atomic mass is 16.7. The summed E-state index contributed by atoms with van der Waals surface area (Å²) in [6, 6.07) is 11.4. The molecule has 2 aromatic carbocycles. The lowest BCUT2D eigenvalue weighted by molar-refractivity contribution is -0.138. The molecule has 23 heavy (non-hydrogen) atoms. The number of hydrogen-bond acceptors (Lipinski definition) is 5. The Morgan fingerprint density at radius 1 is 1.13 bits per heavy atom. The van der Waals surface area contributed by atoms with Gasteiger partial charge in [-0.25, -0.2) is 4.79 Å². The summed E-state index contributed by atoms with van der Waals surface area (Å²) < 4.78 is 21.5. The predicted molar refractivity (Wildman–Crippen MR) is 87.7 cm³/mol. The summed E-state index contributed by atoms with van der Waals surface area (Å²) in [5, 5.41) is 1.85. The highest BCUT2D eigenvalue weighted by molar-refractivity contribution is 5.93. The molecular weight excluding hydrogens is 296 g/mol. The monoisotopic (exact) mass is 316 g/mol. The second kappa shape index (κ2) is 8.19. The van der Waals surface area contributed by atoms with Crippen LogP contribution in [-0.4, -0.2) is 32.6 Å². The lowest BCUT2D eigenvalue weighted by atomic mass is 10.1. The number of ether oxygens (including phenoxy) is 4. The molecule has 0 aromatic heterocycles. The molecular formula is C18H20O5. The Kier molecular flexibility index (Phi) is 6.00. The molecule has 0 spiro atoms. The molecule has 2 aromatic rings. The van der Waals surface area contributed by atoms with Crippen molar-refractivity contribution >= 4 is 16.7 Å². The molecule has 0 N–H and O–H groups in total. The molecule has 0 aliphatic rings. The maximum Gasteiger partial charge on any atom is 0.330 e. The van der Waals surface area contributed by atoms with Crippen molar-refractivity contribution in [3.63, 3.8) is 0 Å². The first kappa shape index (κ1) is 16.8. The molecule has 0 fully saturated rings. The van der Waals surface area contributed by atoms with Gasteiger partial charge in [-0.15, -0.1) is 0 Å². The topological polar surface area (TPSA) is 54.0 Å². The van der Waals surface area contributed by atoms with Crippen molar-refractivity contribution in [1.82, 2.24) is 0 Å². The Balaban J connectivity index is 2.13. The number of esters is 1. The number of fused-ring (bicyclic) bond motifs is 1. The van der Waals surface area contributed by atoms with E-state index in [-0.39, 0.29) is 19.5 Å². The zero-order valence-electron chi connectivity index (χ0n) is 13.3. The van der Waals surface area contributed by atoms with E-state index in [0.29, 0.717) is 5.75 Å². The lowest BCUT2D eigenvalue weighted by Crippen LogP contribution is -2.13. The molecule has 0 amide bonds. The minimum Gasteiger partial charge on any atom is -0.489 e. The molecule has 1 unspecified atom stereocenters. The molecule has 122 valence electrons. The van der Waals surface area contributed by atoms with Crippen LogP contribution in [0.15, 0.2) is 49.1 Å². The van der Waals surface area contributed by atoms with Crippen LogP contribution >= 0.6 is 0 Å².